The highest BCUT2D eigenvalue weighted by Gasteiger charge is 2.25. The Morgan fingerprint density at radius 1 is 0.909 bits per heavy atom. The lowest BCUT2D eigenvalue weighted by molar-refractivity contribution is 0.364. The summed E-state index contributed by atoms with van der Waals surface area (Å²) in [6, 6.07) is 3.56. The van der Waals surface area contributed by atoms with Crippen LogP contribution in [0, 0.1) is 0 Å². The quantitative estimate of drug-likeness (QED) is 0.295. The molecule has 0 spiro atoms. The first-order chi connectivity index (χ1) is 15.5. The van der Waals surface area contributed by atoms with Crippen molar-refractivity contribution < 1.29 is 29.6 Å². The smallest absolute Gasteiger partial charge is 0.200 e. The van der Waals surface area contributed by atoms with Gasteiger partial charge in [0.1, 0.15) is 34.0 Å². The van der Waals surface area contributed by atoms with Gasteiger partial charge in [-0.15, -0.1) is 0 Å². The molecular formula is C26H28O7. The summed E-state index contributed by atoms with van der Waals surface area (Å²) < 4.78 is 11.3. The van der Waals surface area contributed by atoms with Crippen LogP contribution in [-0.2, 0) is 12.8 Å². The van der Waals surface area contributed by atoms with E-state index < -0.39 is 11.2 Å². The molecule has 0 aliphatic rings. The van der Waals surface area contributed by atoms with Crippen LogP contribution >= 0.6 is 0 Å². The van der Waals surface area contributed by atoms with Crippen LogP contribution in [-0.4, -0.2) is 27.5 Å². The van der Waals surface area contributed by atoms with Crippen LogP contribution in [0.2, 0.25) is 0 Å². The number of methoxy groups -OCH3 is 1. The van der Waals surface area contributed by atoms with Gasteiger partial charge in [0.2, 0.25) is 5.43 Å². The molecule has 174 valence electrons. The van der Waals surface area contributed by atoms with Crippen molar-refractivity contribution in [2.24, 2.45) is 0 Å². The van der Waals surface area contributed by atoms with Gasteiger partial charge >= 0.3 is 0 Å². The molecule has 4 N–H and O–H groups in total. The van der Waals surface area contributed by atoms with Gasteiger partial charge < -0.3 is 29.6 Å². The molecule has 0 unspecified atom stereocenters. The van der Waals surface area contributed by atoms with E-state index in [0.29, 0.717) is 5.56 Å². The van der Waals surface area contributed by atoms with Crippen LogP contribution in [0.4, 0.5) is 0 Å². The lowest BCUT2D eigenvalue weighted by Gasteiger charge is -2.17. The molecule has 0 aliphatic heterocycles. The van der Waals surface area contributed by atoms with Crippen LogP contribution in [0.15, 0.2) is 50.7 Å². The molecule has 3 aromatic rings. The van der Waals surface area contributed by atoms with Crippen molar-refractivity contribution in [3.05, 3.63) is 62.8 Å². The highest BCUT2D eigenvalue weighted by molar-refractivity contribution is 5.88. The summed E-state index contributed by atoms with van der Waals surface area (Å²) in [5, 5.41) is 41.9. The van der Waals surface area contributed by atoms with E-state index >= 15 is 0 Å². The zero-order valence-electron chi connectivity index (χ0n) is 19.3. The van der Waals surface area contributed by atoms with Gasteiger partial charge in [-0.1, -0.05) is 23.3 Å². The number of hydrogen-bond donors (Lipinski definition) is 4. The van der Waals surface area contributed by atoms with Crippen molar-refractivity contribution in [2.45, 2.75) is 40.5 Å². The molecule has 0 amide bonds. The summed E-state index contributed by atoms with van der Waals surface area (Å²) in [5.41, 5.74) is 2.05. The van der Waals surface area contributed by atoms with Crippen molar-refractivity contribution in [3.63, 3.8) is 0 Å². The molecule has 0 aliphatic carbocycles. The van der Waals surface area contributed by atoms with Gasteiger partial charge in [0.15, 0.2) is 11.5 Å². The fourth-order valence-electron chi connectivity index (χ4n) is 3.62. The van der Waals surface area contributed by atoms with Gasteiger partial charge in [-0.25, -0.2) is 0 Å². The summed E-state index contributed by atoms with van der Waals surface area (Å²) in [6.45, 7) is 7.58. The Morgan fingerprint density at radius 3 is 2.09 bits per heavy atom. The van der Waals surface area contributed by atoms with Crippen molar-refractivity contribution in [3.8, 4) is 40.1 Å². The number of rotatable bonds is 6. The Bertz CT molecular complexity index is 1340. The first-order valence-electron chi connectivity index (χ1n) is 10.5. The average molecular weight is 453 g/mol. The van der Waals surface area contributed by atoms with E-state index in [1.54, 1.807) is 0 Å². The van der Waals surface area contributed by atoms with E-state index in [1.165, 1.54) is 19.2 Å². The van der Waals surface area contributed by atoms with Gasteiger partial charge in [-0.3, -0.25) is 4.79 Å². The molecule has 7 heteroatoms. The third-order valence-corrected chi connectivity index (χ3v) is 5.26. The third kappa shape index (κ3) is 4.67. The van der Waals surface area contributed by atoms with Gasteiger partial charge in [0, 0.05) is 23.3 Å². The van der Waals surface area contributed by atoms with Crippen molar-refractivity contribution in [2.75, 3.05) is 7.11 Å². The van der Waals surface area contributed by atoms with E-state index in [9.17, 15) is 25.2 Å². The minimum absolute atomic E-state index is 0.0314. The maximum atomic E-state index is 13.4. The van der Waals surface area contributed by atoms with Gasteiger partial charge in [-0.05, 0) is 46.6 Å². The average Bonchev–Trinajstić information content (AvgIpc) is 2.72. The minimum Gasteiger partial charge on any atom is -0.508 e. The van der Waals surface area contributed by atoms with Crippen LogP contribution in [0.5, 0.6) is 28.7 Å². The molecule has 2 aromatic carbocycles. The number of fused-ring (bicyclic) bond motifs is 1. The summed E-state index contributed by atoms with van der Waals surface area (Å²) in [4.78, 5) is 13.4. The largest absolute Gasteiger partial charge is 0.508 e. The number of allylic oxidation sites excluding steroid dienone is 4. The number of hydrogen-bond acceptors (Lipinski definition) is 7. The van der Waals surface area contributed by atoms with E-state index in [1.807, 2.05) is 39.8 Å². The maximum absolute atomic E-state index is 13.4. The second-order valence-electron chi connectivity index (χ2n) is 8.35. The topological polar surface area (TPSA) is 120 Å². The first kappa shape index (κ1) is 23.8. The summed E-state index contributed by atoms with van der Waals surface area (Å²) in [5.74, 6) is -0.960. The van der Waals surface area contributed by atoms with Crippen molar-refractivity contribution in [1.82, 2.24) is 0 Å². The Hall–Kier alpha value is -3.87. The number of ether oxygens (including phenoxy) is 1. The normalized spacial score (nSPS) is 10.8. The fraction of sp³-hybridized carbons (Fsp3) is 0.269. The summed E-state index contributed by atoms with van der Waals surface area (Å²) >= 11 is 0. The third-order valence-electron chi connectivity index (χ3n) is 5.26. The molecule has 0 radical (unpaired) electrons. The molecule has 0 atom stereocenters. The Balaban J connectivity index is 2.43. The molecule has 0 fully saturated rings. The summed E-state index contributed by atoms with van der Waals surface area (Å²) in [7, 11) is 1.39. The van der Waals surface area contributed by atoms with Gasteiger partial charge in [-0.2, -0.15) is 0 Å². The zero-order chi connectivity index (χ0) is 24.4. The Morgan fingerprint density at radius 2 is 1.52 bits per heavy atom. The predicted octanol–water partition coefficient (Wildman–Crippen LogP) is 5.31. The standard InChI is InChI=1S/C26H28O7/c1-13(2)6-8-16-23(30)18(12-20(29)26(16)32-5)25-17(9-7-14(3)4)24(31)22-19(28)10-15(27)11-21(22)33-25/h6-7,10-12,27-30H,8-9H2,1-5H3. The van der Waals surface area contributed by atoms with Crippen molar-refractivity contribution in [1.29, 1.82) is 0 Å². The summed E-state index contributed by atoms with van der Waals surface area (Å²) in [6.07, 6.45) is 4.15. The zero-order valence-corrected chi connectivity index (χ0v) is 19.3. The van der Waals surface area contributed by atoms with E-state index in [2.05, 4.69) is 0 Å². The molecule has 0 saturated heterocycles. The second kappa shape index (κ2) is 9.32. The van der Waals surface area contributed by atoms with Gasteiger partial charge in [0.05, 0.1) is 12.7 Å². The molecule has 1 heterocycles. The predicted molar refractivity (Wildman–Crippen MR) is 127 cm³/mol. The molecule has 0 saturated carbocycles. The van der Waals surface area contributed by atoms with Crippen LogP contribution < -0.4 is 10.2 Å². The SMILES string of the molecule is COc1c(O)cc(-c2oc3cc(O)cc(O)c3c(=O)c2CC=C(C)C)c(O)c1CC=C(C)C. The number of phenolic OH excluding ortho intramolecular Hbond substituents is 4. The van der Waals surface area contributed by atoms with Crippen LogP contribution in [0.25, 0.3) is 22.3 Å². The lowest BCUT2D eigenvalue weighted by Crippen LogP contribution is -2.11. The molecule has 1 aromatic heterocycles. The minimum atomic E-state index is -0.498. The highest BCUT2D eigenvalue weighted by Crippen LogP contribution is 2.45. The number of phenols is 4. The molecule has 7 nitrogen and oxygen atoms in total. The highest BCUT2D eigenvalue weighted by atomic mass is 16.5. The molecular weight excluding hydrogens is 424 g/mol. The molecule has 3 rings (SSSR count). The van der Waals surface area contributed by atoms with Crippen molar-refractivity contribution >= 4 is 11.0 Å². The number of aromatic hydroxyl groups is 4. The van der Waals surface area contributed by atoms with E-state index in [-0.39, 0.29) is 63.7 Å². The molecule has 0 bridgehead atoms. The lowest BCUT2D eigenvalue weighted by atomic mass is 9.96. The molecule has 33 heavy (non-hydrogen) atoms. The number of benzene rings is 2. The van der Waals surface area contributed by atoms with Crippen LogP contribution in [0.1, 0.15) is 38.8 Å². The maximum Gasteiger partial charge on any atom is 0.200 e. The fourth-order valence-corrected chi connectivity index (χ4v) is 3.62. The first-order valence-corrected chi connectivity index (χ1v) is 10.5. The van der Waals surface area contributed by atoms with E-state index in [4.69, 9.17) is 9.15 Å². The second-order valence-corrected chi connectivity index (χ2v) is 8.35. The van der Waals surface area contributed by atoms with Gasteiger partial charge in [0.25, 0.3) is 0 Å². The van der Waals surface area contributed by atoms with Crippen LogP contribution in [0.3, 0.4) is 0 Å². The monoisotopic (exact) mass is 452 g/mol. The van der Waals surface area contributed by atoms with E-state index in [0.717, 1.165) is 17.2 Å². The Kier molecular flexibility index (Phi) is 6.72. The Labute approximate surface area is 191 Å².